The molecule has 0 saturated carbocycles. The molecule has 0 aliphatic carbocycles. The second-order valence-corrected chi connectivity index (χ2v) is 8.93. The van der Waals surface area contributed by atoms with Crippen LogP contribution in [0.25, 0.3) is 10.9 Å². The standard InChI is InChI=1S/C22H21N3O6S/c1-25-20(26)11-15(22(25)27)14-10-17(30-2)18(31-3)12-19(14)32(28,29)24-16-8-4-6-13-7-5-9-23-21(13)16/h4-10,12,15,24H,11H2,1-3H3. The third kappa shape index (κ3) is 3.62. The zero-order chi connectivity index (χ0) is 23.0. The molecule has 1 saturated heterocycles. The predicted octanol–water partition coefficient (Wildman–Crippen LogP) is 2.53. The lowest BCUT2D eigenvalue weighted by atomic mass is 9.97. The third-order valence-electron chi connectivity index (χ3n) is 5.44. The van der Waals surface area contributed by atoms with Gasteiger partial charge >= 0.3 is 0 Å². The summed E-state index contributed by atoms with van der Waals surface area (Å²) in [6.07, 6.45) is 1.43. The third-order valence-corrected chi connectivity index (χ3v) is 6.86. The lowest BCUT2D eigenvalue weighted by Crippen LogP contribution is -2.26. The second kappa shape index (κ2) is 8.12. The summed E-state index contributed by atoms with van der Waals surface area (Å²) in [4.78, 5) is 29.9. The number of para-hydroxylation sites is 1. The average molecular weight is 455 g/mol. The molecule has 0 radical (unpaired) electrons. The number of fused-ring (bicyclic) bond motifs is 1. The Morgan fingerprint density at radius 2 is 1.75 bits per heavy atom. The summed E-state index contributed by atoms with van der Waals surface area (Å²) >= 11 is 0. The highest BCUT2D eigenvalue weighted by atomic mass is 32.2. The van der Waals surface area contributed by atoms with Crippen molar-refractivity contribution in [2.24, 2.45) is 0 Å². The van der Waals surface area contributed by atoms with Crippen LogP contribution >= 0.6 is 0 Å². The molecule has 1 N–H and O–H groups in total. The zero-order valence-corrected chi connectivity index (χ0v) is 18.5. The molecular weight excluding hydrogens is 434 g/mol. The van der Waals surface area contributed by atoms with Crippen molar-refractivity contribution in [1.29, 1.82) is 0 Å². The summed E-state index contributed by atoms with van der Waals surface area (Å²) in [6, 6.07) is 11.4. The van der Waals surface area contributed by atoms with Crippen molar-refractivity contribution >= 4 is 38.4 Å². The van der Waals surface area contributed by atoms with E-state index >= 15 is 0 Å². The lowest BCUT2D eigenvalue weighted by Gasteiger charge is -2.19. The van der Waals surface area contributed by atoms with E-state index in [1.807, 2.05) is 12.1 Å². The number of likely N-dealkylation sites (tertiary alicyclic amines) is 1. The molecule has 166 valence electrons. The first-order chi connectivity index (χ1) is 15.3. The van der Waals surface area contributed by atoms with Crippen LogP contribution in [0.4, 0.5) is 5.69 Å². The Balaban J connectivity index is 1.87. The van der Waals surface area contributed by atoms with Gasteiger partial charge in [-0.05, 0) is 23.8 Å². The molecule has 2 aromatic carbocycles. The maximum absolute atomic E-state index is 13.5. The molecule has 0 bridgehead atoms. The van der Waals surface area contributed by atoms with Gasteiger partial charge in [-0.1, -0.05) is 18.2 Å². The van der Waals surface area contributed by atoms with Gasteiger partial charge in [0.25, 0.3) is 10.0 Å². The molecular formula is C22H21N3O6S. The summed E-state index contributed by atoms with van der Waals surface area (Å²) < 4.78 is 40.2. The van der Waals surface area contributed by atoms with Crippen LogP contribution in [0, 0.1) is 0 Å². The summed E-state index contributed by atoms with van der Waals surface area (Å²) in [7, 11) is -0.0325. The van der Waals surface area contributed by atoms with Crippen molar-refractivity contribution in [2.45, 2.75) is 17.2 Å². The van der Waals surface area contributed by atoms with Gasteiger partial charge in [0.15, 0.2) is 11.5 Å². The number of carbonyl (C=O) groups is 2. The Labute approximate surface area is 185 Å². The Morgan fingerprint density at radius 3 is 2.41 bits per heavy atom. The van der Waals surface area contributed by atoms with Gasteiger partial charge in [0.05, 0.1) is 36.2 Å². The number of carbonyl (C=O) groups excluding carboxylic acids is 2. The number of imide groups is 1. The van der Waals surface area contributed by atoms with Gasteiger partial charge < -0.3 is 9.47 Å². The van der Waals surface area contributed by atoms with Crippen molar-refractivity contribution < 1.29 is 27.5 Å². The number of anilines is 1. The van der Waals surface area contributed by atoms with E-state index < -0.39 is 21.8 Å². The molecule has 1 aromatic heterocycles. The topological polar surface area (TPSA) is 115 Å². The summed E-state index contributed by atoms with van der Waals surface area (Å²) in [5, 5.41) is 0.762. The van der Waals surface area contributed by atoms with Crippen molar-refractivity contribution in [1.82, 2.24) is 9.88 Å². The average Bonchev–Trinajstić information content (AvgIpc) is 3.05. The fourth-order valence-electron chi connectivity index (χ4n) is 3.77. The quantitative estimate of drug-likeness (QED) is 0.568. The molecule has 2 amide bonds. The first kappa shape index (κ1) is 21.6. The summed E-state index contributed by atoms with van der Waals surface area (Å²) in [6.45, 7) is 0. The molecule has 4 rings (SSSR count). The summed E-state index contributed by atoms with van der Waals surface area (Å²) in [5.41, 5.74) is 0.924. The number of pyridine rings is 1. The molecule has 32 heavy (non-hydrogen) atoms. The van der Waals surface area contributed by atoms with E-state index in [2.05, 4.69) is 9.71 Å². The minimum absolute atomic E-state index is 0.136. The van der Waals surface area contributed by atoms with Gasteiger partial charge in [0.1, 0.15) is 0 Å². The summed E-state index contributed by atoms with van der Waals surface area (Å²) in [5.74, 6) is -1.39. The Kier molecular flexibility index (Phi) is 5.47. The number of aromatic nitrogens is 1. The Morgan fingerprint density at radius 1 is 1.06 bits per heavy atom. The van der Waals surface area contributed by atoms with Crippen molar-refractivity contribution in [3.05, 3.63) is 54.2 Å². The fraction of sp³-hybridized carbons (Fsp3) is 0.227. The maximum atomic E-state index is 13.5. The maximum Gasteiger partial charge on any atom is 0.262 e. The molecule has 1 aliphatic rings. The van der Waals surface area contributed by atoms with Crippen LogP contribution in [0.15, 0.2) is 53.6 Å². The Bertz CT molecular complexity index is 1330. The highest BCUT2D eigenvalue weighted by Crippen LogP contribution is 2.40. The van der Waals surface area contributed by atoms with E-state index in [9.17, 15) is 18.0 Å². The predicted molar refractivity (Wildman–Crippen MR) is 117 cm³/mol. The molecule has 9 nitrogen and oxygen atoms in total. The number of nitrogens with one attached hydrogen (secondary N) is 1. The van der Waals surface area contributed by atoms with E-state index in [0.717, 1.165) is 10.3 Å². The van der Waals surface area contributed by atoms with Crippen molar-refractivity contribution in [3.8, 4) is 11.5 Å². The molecule has 1 aliphatic heterocycles. The first-order valence-electron chi connectivity index (χ1n) is 9.69. The number of hydrogen-bond donors (Lipinski definition) is 1. The number of benzene rings is 2. The largest absolute Gasteiger partial charge is 0.493 e. The number of ether oxygens (including phenoxy) is 2. The number of amides is 2. The second-order valence-electron chi connectivity index (χ2n) is 7.28. The number of hydrogen-bond acceptors (Lipinski definition) is 7. The van der Waals surface area contributed by atoms with Crippen molar-refractivity contribution in [2.75, 3.05) is 26.0 Å². The molecule has 10 heteroatoms. The van der Waals surface area contributed by atoms with Crippen molar-refractivity contribution in [3.63, 3.8) is 0 Å². The van der Waals surface area contributed by atoms with E-state index in [1.165, 1.54) is 33.4 Å². The van der Waals surface area contributed by atoms with E-state index in [-0.39, 0.29) is 40.0 Å². The number of methoxy groups -OCH3 is 2. The Hall–Kier alpha value is -3.66. The van der Waals surface area contributed by atoms with Gasteiger partial charge in [-0.3, -0.25) is 24.2 Å². The van der Waals surface area contributed by atoms with Crippen LogP contribution < -0.4 is 14.2 Å². The van der Waals surface area contributed by atoms with Gasteiger partial charge in [0, 0.05) is 31.1 Å². The van der Waals surface area contributed by atoms with Gasteiger partial charge in [-0.15, -0.1) is 0 Å². The van der Waals surface area contributed by atoms with Crippen LogP contribution in [0.2, 0.25) is 0 Å². The van der Waals surface area contributed by atoms with Crippen LogP contribution in [-0.4, -0.2) is 51.4 Å². The molecule has 0 spiro atoms. The smallest absolute Gasteiger partial charge is 0.262 e. The number of sulfonamides is 1. The van der Waals surface area contributed by atoms with Crippen LogP contribution in [0.5, 0.6) is 11.5 Å². The fourth-order valence-corrected chi connectivity index (χ4v) is 5.10. The van der Waals surface area contributed by atoms with Crippen LogP contribution in [0.1, 0.15) is 17.9 Å². The lowest BCUT2D eigenvalue weighted by molar-refractivity contribution is -0.137. The highest BCUT2D eigenvalue weighted by Gasteiger charge is 2.40. The first-order valence-corrected chi connectivity index (χ1v) is 11.2. The number of likely N-dealkylation sites (N-methyl/N-ethyl adjacent to an activating group) is 1. The van der Waals surface area contributed by atoms with Gasteiger partial charge in [-0.2, -0.15) is 0 Å². The minimum atomic E-state index is -4.20. The van der Waals surface area contributed by atoms with E-state index in [4.69, 9.17) is 9.47 Å². The molecule has 2 heterocycles. The SMILES string of the molecule is COc1cc(C2CC(=O)N(C)C2=O)c(S(=O)(=O)Nc2cccc3cccnc23)cc1OC. The normalized spacial score (nSPS) is 16.5. The van der Waals surface area contributed by atoms with Crippen LogP contribution in [0.3, 0.4) is 0 Å². The van der Waals surface area contributed by atoms with Gasteiger partial charge in [-0.25, -0.2) is 8.42 Å². The molecule has 1 fully saturated rings. The van der Waals surface area contributed by atoms with E-state index in [1.54, 1.807) is 24.4 Å². The van der Waals surface area contributed by atoms with Crippen LogP contribution in [-0.2, 0) is 19.6 Å². The minimum Gasteiger partial charge on any atom is -0.493 e. The van der Waals surface area contributed by atoms with E-state index in [0.29, 0.717) is 5.52 Å². The zero-order valence-electron chi connectivity index (χ0n) is 17.7. The monoisotopic (exact) mass is 455 g/mol. The molecule has 1 atom stereocenters. The molecule has 3 aromatic rings. The number of nitrogens with zero attached hydrogens (tertiary/aromatic N) is 2. The number of rotatable bonds is 6. The molecule has 1 unspecified atom stereocenters. The van der Waals surface area contributed by atoms with Gasteiger partial charge in [0.2, 0.25) is 11.8 Å². The highest BCUT2D eigenvalue weighted by molar-refractivity contribution is 7.92.